The van der Waals surface area contributed by atoms with Crippen LogP contribution >= 0.6 is 12.1 Å². The Morgan fingerprint density at radius 2 is 0.676 bits per heavy atom. The summed E-state index contributed by atoms with van der Waals surface area (Å²) in [7, 11) is 0. The minimum Gasteiger partial charge on any atom is -0.456 e. The third kappa shape index (κ3) is 4.36. The number of hydrogen-bond donors (Lipinski definition) is 0. The lowest BCUT2D eigenvalue weighted by atomic mass is 9.73. The zero-order valence-corrected chi connectivity index (χ0v) is 44.1. The molecule has 8 aliphatic heterocycles. The maximum absolute atomic E-state index is 7.67. The summed E-state index contributed by atoms with van der Waals surface area (Å²) in [4.78, 5) is 9.98. The number of nitrogens with zero attached hydrogens (tertiary/aromatic N) is 4. The Morgan fingerprint density at radius 1 is 0.324 bits per heavy atom. The van der Waals surface area contributed by atoms with Crippen LogP contribution in [-0.4, -0.2) is 0 Å². The minimum atomic E-state index is -2.90. The first-order chi connectivity index (χ1) is 36.0. The molecular formula is C64H42N4O2P2S2. The number of rotatable bonds is 2. The van der Waals surface area contributed by atoms with Crippen LogP contribution in [0.5, 0.6) is 23.0 Å². The molecule has 0 aromatic heterocycles. The summed E-state index contributed by atoms with van der Waals surface area (Å²) in [5.41, 5.74) is 17.9. The first kappa shape index (κ1) is 41.0. The van der Waals surface area contributed by atoms with E-state index < -0.39 is 12.1 Å². The summed E-state index contributed by atoms with van der Waals surface area (Å²) >= 11 is 15.3. The molecule has 74 heavy (non-hydrogen) atoms. The van der Waals surface area contributed by atoms with Crippen LogP contribution in [0, 0.1) is 0 Å². The molecule has 0 bridgehead atoms. The van der Waals surface area contributed by atoms with Crippen LogP contribution in [0.4, 0.5) is 68.2 Å². The maximum atomic E-state index is 7.67. The van der Waals surface area contributed by atoms with Crippen molar-refractivity contribution >= 4 is 147 Å². The van der Waals surface area contributed by atoms with Crippen LogP contribution in [-0.2, 0) is 34.4 Å². The van der Waals surface area contributed by atoms with Crippen LogP contribution in [0.2, 0.25) is 0 Å². The Kier molecular flexibility index (Phi) is 7.24. The van der Waals surface area contributed by atoms with E-state index in [1.807, 2.05) is 0 Å². The molecule has 0 saturated heterocycles. The van der Waals surface area contributed by atoms with Crippen molar-refractivity contribution in [2.24, 2.45) is 0 Å². The van der Waals surface area contributed by atoms with E-state index in [1.165, 1.54) is 55.6 Å². The molecule has 8 heterocycles. The Bertz CT molecular complexity index is 4210. The van der Waals surface area contributed by atoms with Crippen molar-refractivity contribution in [3.05, 3.63) is 204 Å². The molecule has 10 aromatic carbocycles. The van der Waals surface area contributed by atoms with Crippen molar-refractivity contribution in [1.29, 1.82) is 0 Å². The fourth-order valence-electron chi connectivity index (χ4n) is 14.7. The number of anilines is 12. The molecule has 2 unspecified atom stereocenters. The molecule has 8 aliphatic rings. The molecule has 0 N–H and O–H groups in total. The molecule has 0 amide bonds. The minimum absolute atomic E-state index is 0.288. The van der Waals surface area contributed by atoms with E-state index in [0.29, 0.717) is 0 Å². The summed E-state index contributed by atoms with van der Waals surface area (Å²) in [5, 5.41) is 8.93. The molecule has 0 aliphatic carbocycles. The Morgan fingerprint density at radius 3 is 1.09 bits per heavy atom. The normalized spacial score (nSPS) is 20.4. The molecule has 18 rings (SSSR count). The van der Waals surface area contributed by atoms with Crippen molar-refractivity contribution in [1.82, 2.24) is 0 Å². The van der Waals surface area contributed by atoms with E-state index in [-0.39, 0.29) is 10.8 Å². The molecule has 10 heteroatoms. The first-order valence-electron chi connectivity index (χ1n) is 25.4. The van der Waals surface area contributed by atoms with Crippen molar-refractivity contribution in [3.63, 3.8) is 0 Å². The molecule has 0 spiro atoms. The highest BCUT2D eigenvalue weighted by molar-refractivity contribution is 8.27. The number of benzene rings is 10. The van der Waals surface area contributed by atoms with Gasteiger partial charge in [-0.1, -0.05) is 148 Å². The second kappa shape index (κ2) is 13.1. The lowest BCUT2D eigenvalue weighted by Crippen LogP contribution is -2.48. The third-order valence-electron chi connectivity index (χ3n) is 17.7. The highest BCUT2D eigenvalue weighted by atomic mass is 32.4. The van der Waals surface area contributed by atoms with E-state index in [0.717, 1.165) is 100 Å². The van der Waals surface area contributed by atoms with Gasteiger partial charge < -0.3 is 29.1 Å². The zero-order chi connectivity index (χ0) is 49.1. The van der Waals surface area contributed by atoms with Crippen LogP contribution in [0.1, 0.15) is 49.9 Å². The molecule has 352 valence electrons. The zero-order valence-electron chi connectivity index (χ0n) is 40.6. The highest BCUT2D eigenvalue weighted by Gasteiger charge is 2.57. The smallest absolute Gasteiger partial charge is 0.139 e. The average Bonchev–Trinajstić information content (AvgIpc) is 3.42. The van der Waals surface area contributed by atoms with Gasteiger partial charge in [-0.2, -0.15) is 0 Å². The van der Waals surface area contributed by atoms with Gasteiger partial charge in [0, 0.05) is 43.6 Å². The van der Waals surface area contributed by atoms with Gasteiger partial charge >= 0.3 is 0 Å². The van der Waals surface area contributed by atoms with Crippen LogP contribution in [0.15, 0.2) is 182 Å². The first-order valence-corrected chi connectivity index (χ1v) is 31.0. The van der Waals surface area contributed by atoms with Crippen molar-refractivity contribution < 1.29 is 9.47 Å². The fourth-order valence-corrected chi connectivity index (χ4v) is 25.0. The van der Waals surface area contributed by atoms with Gasteiger partial charge in [0.15, 0.2) is 0 Å². The lowest BCUT2D eigenvalue weighted by Gasteiger charge is -2.53. The molecule has 2 atom stereocenters. The van der Waals surface area contributed by atoms with E-state index in [2.05, 4.69) is 229 Å². The second-order valence-electron chi connectivity index (χ2n) is 21.9. The molecule has 0 saturated carbocycles. The van der Waals surface area contributed by atoms with Crippen LogP contribution in [0.3, 0.4) is 0 Å². The van der Waals surface area contributed by atoms with Gasteiger partial charge in [-0.05, 0) is 107 Å². The molecule has 10 aromatic rings. The molecule has 0 fully saturated rings. The largest absolute Gasteiger partial charge is 0.456 e. The molecule has 6 nitrogen and oxygen atoms in total. The standard InChI is InChI=1S/C64H42N4O2P2S2/c1-63(2)39-21-11-13-23-43(39)67-47-27-15-25-45-57(47)71(73)59-49(31-29-41(63)55(59)67)69-51-33-38-37(53(61(51)71)65(45)35-17-7-5-8-18-35)34-52-62-54(38)66(36-19-9-6-10-20-36)46-26-16-28-48-58(46)72(62,74)60-50(70-52)32-30-42-56(60)68(48)44-24-14-12-22-40(44)64(42,3)4/h5-34H,1-4H3. The monoisotopic (exact) mass is 1020 g/mol. The number of fused-ring (bicyclic) bond motifs is 9. The SMILES string of the molecule is CC1(C)c2ccccc2N2c3cccc4c3P3(=S)c5c(ccc1c52)Oc1cc2c5c6c(cc2c(c13)N4c1ccccc1)Oc1ccc2c3c1P6(=S)c1c(cccc1N5c1ccccc1)N3c1ccccc1C2(C)C. The van der Waals surface area contributed by atoms with Crippen LogP contribution < -0.4 is 60.9 Å². The fraction of sp³-hybridized carbons (Fsp3) is 0.0938. The summed E-state index contributed by atoms with van der Waals surface area (Å²) in [6.45, 7) is 9.43. The Labute approximate surface area is 438 Å². The average molecular weight is 1030 g/mol. The van der Waals surface area contributed by atoms with Gasteiger partial charge in [0.05, 0.1) is 90.2 Å². The van der Waals surface area contributed by atoms with E-state index in [1.54, 1.807) is 0 Å². The number of hydrogen-bond acceptors (Lipinski definition) is 8. The summed E-state index contributed by atoms with van der Waals surface area (Å²) < 4.78 is 15.2. The maximum Gasteiger partial charge on any atom is 0.139 e. The molecular weight excluding hydrogens is 983 g/mol. The van der Waals surface area contributed by atoms with Crippen LogP contribution in [0.25, 0.3) is 10.8 Å². The third-order valence-corrected chi connectivity index (χ3v) is 27.4. The van der Waals surface area contributed by atoms with Gasteiger partial charge in [-0.25, -0.2) is 0 Å². The predicted octanol–water partition coefficient (Wildman–Crippen LogP) is 15.0. The molecule has 0 radical (unpaired) electrons. The van der Waals surface area contributed by atoms with Gasteiger partial charge in [0.2, 0.25) is 0 Å². The van der Waals surface area contributed by atoms with E-state index >= 15 is 0 Å². The summed E-state index contributed by atoms with van der Waals surface area (Å²) in [6, 6.07) is 61.1. The number of para-hydroxylation sites is 4. The van der Waals surface area contributed by atoms with Crippen molar-refractivity contribution in [2.75, 3.05) is 19.6 Å². The Hall–Kier alpha value is -7.44. The van der Waals surface area contributed by atoms with Gasteiger partial charge in [-0.15, -0.1) is 0 Å². The van der Waals surface area contributed by atoms with Crippen molar-refractivity contribution in [3.8, 4) is 23.0 Å². The second-order valence-corrected chi connectivity index (χ2v) is 30.3. The van der Waals surface area contributed by atoms with Gasteiger partial charge in [0.25, 0.3) is 0 Å². The highest BCUT2D eigenvalue weighted by Crippen LogP contribution is 2.73. The van der Waals surface area contributed by atoms with Gasteiger partial charge in [-0.3, -0.25) is 0 Å². The summed E-state index contributed by atoms with van der Waals surface area (Å²) in [6.07, 6.45) is 0. The topological polar surface area (TPSA) is 31.4 Å². The van der Waals surface area contributed by atoms with E-state index in [4.69, 9.17) is 33.1 Å². The lowest BCUT2D eigenvalue weighted by molar-refractivity contribution is 0.487. The summed E-state index contributed by atoms with van der Waals surface area (Å²) in [5.74, 6) is 3.28. The van der Waals surface area contributed by atoms with Crippen molar-refractivity contribution in [2.45, 2.75) is 38.5 Å². The predicted molar refractivity (Wildman–Crippen MR) is 313 cm³/mol. The Balaban J connectivity index is 1.01. The van der Waals surface area contributed by atoms with Gasteiger partial charge in [0.1, 0.15) is 23.0 Å². The quantitative estimate of drug-likeness (QED) is 0.158. The van der Waals surface area contributed by atoms with E-state index in [9.17, 15) is 0 Å². The number of ether oxygens (including phenoxy) is 2.